The third kappa shape index (κ3) is 1.35. The average molecular weight is 229 g/mol. The summed E-state index contributed by atoms with van der Waals surface area (Å²) in [7, 11) is 0. The molecule has 0 amide bonds. The van der Waals surface area contributed by atoms with Gasteiger partial charge in [-0.3, -0.25) is 0 Å². The van der Waals surface area contributed by atoms with Gasteiger partial charge in [-0.15, -0.1) is 0 Å². The lowest BCUT2D eigenvalue weighted by molar-refractivity contribution is 0.406. The van der Waals surface area contributed by atoms with Crippen LogP contribution in [0.5, 0.6) is 0 Å². The van der Waals surface area contributed by atoms with Crippen molar-refractivity contribution >= 4 is 16.8 Å². The summed E-state index contributed by atoms with van der Waals surface area (Å²) in [5, 5.41) is 5.38. The van der Waals surface area contributed by atoms with Gasteiger partial charge in [0.2, 0.25) is 0 Å². The van der Waals surface area contributed by atoms with Crippen LogP contribution in [0.3, 0.4) is 0 Å². The zero-order valence-electron chi connectivity index (χ0n) is 10.5. The quantitative estimate of drug-likeness (QED) is 0.593. The first kappa shape index (κ1) is 10.3. The molecule has 0 aliphatic carbocycles. The Morgan fingerprint density at radius 2 is 2.00 bits per heavy atom. The molecule has 0 N–H and O–H groups in total. The average Bonchev–Trinajstić information content (AvgIpc) is 2.78. The first-order valence-corrected chi connectivity index (χ1v) is 5.66. The molecule has 3 rings (SSSR count). The van der Waals surface area contributed by atoms with Gasteiger partial charge in [-0.2, -0.15) is 14.6 Å². The van der Waals surface area contributed by atoms with Crippen LogP contribution in [0, 0.1) is 6.92 Å². The van der Waals surface area contributed by atoms with Crippen LogP contribution in [0.4, 0.5) is 0 Å². The maximum Gasteiger partial charge on any atom is 0.254 e. The van der Waals surface area contributed by atoms with Crippen molar-refractivity contribution in [1.29, 1.82) is 0 Å². The Labute approximate surface area is 99.1 Å². The van der Waals surface area contributed by atoms with E-state index in [1.54, 1.807) is 10.8 Å². The van der Waals surface area contributed by atoms with Crippen LogP contribution in [-0.4, -0.2) is 24.1 Å². The highest BCUT2D eigenvalue weighted by molar-refractivity contribution is 5.81. The van der Waals surface area contributed by atoms with E-state index in [1.165, 1.54) is 0 Å². The van der Waals surface area contributed by atoms with Gasteiger partial charge in [-0.05, 0) is 33.8 Å². The van der Waals surface area contributed by atoms with Crippen molar-refractivity contribution in [3.05, 3.63) is 24.3 Å². The van der Waals surface area contributed by atoms with Gasteiger partial charge in [0.15, 0.2) is 0 Å². The van der Waals surface area contributed by atoms with Gasteiger partial charge in [-0.1, -0.05) is 0 Å². The summed E-state index contributed by atoms with van der Waals surface area (Å²) in [6, 6.07) is 2.09. The van der Waals surface area contributed by atoms with Crippen LogP contribution in [0.1, 0.15) is 26.5 Å². The minimum Gasteiger partial charge on any atom is -0.327 e. The van der Waals surface area contributed by atoms with E-state index >= 15 is 0 Å². The number of hydrogen-bond donors (Lipinski definition) is 0. The fourth-order valence-electron chi connectivity index (χ4n) is 2.14. The van der Waals surface area contributed by atoms with Gasteiger partial charge in [0.05, 0.1) is 5.69 Å². The maximum absolute atomic E-state index is 4.44. The number of hydrogen-bond acceptors (Lipinski definition) is 3. The second kappa shape index (κ2) is 3.06. The van der Waals surface area contributed by atoms with Crippen molar-refractivity contribution in [2.24, 2.45) is 0 Å². The lowest BCUT2D eigenvalue weighted by Gasteiger charge is -2.22. The fourth-order valence-corrected chi connectivity index (χ4v) is 2.14. The molecule has 17 heavy (non-hydrogen) atoms. The van der Waals surface area contributed by atoms with Crippen LogP contribution >= 0.6 is 0 Å². The van der Waals surface area contributed by atoms with E-state index < -0.39 is 0 Å². The number of aromatic nitrogens is 5. The standard InChI is InChI=1S/C12H15N5/c1-8-9-5-6-16(12(2,3)4)10(9)17-11(15-8)13-7-14-17/h5-7H,1-4H3. The van der Waals surface area contributed by atoms with Crippen molar-refractivity contribution in [1.82, 2.24) is 24.1 Å². The lowest BCUT2D eigenvalue weighted by atomic mass is 10.1. The molecule has 88 valence electrons. The highest BCUT2D eigenvalue weighted by Crippen LogP contribution is 2.25. The second-order valence-corrected chi connectivity index (χ2v) is 5.26. The van der Waals surface area contributed by atoms with Gasteiger partial charge in [-0.25, -0.2) is 4.98 Å². The number of rotatable bonds is 0. The smallest absolute Gasteiger partial charge is 0.254 e. The van der Waals surface area contributed by atoms with Crippen molar-refractivity contribution < 1.29 is 0 Å². The van der Waals surface area contributed by atoms with Crippen molar-refractivity contribution in [3.8, 4) is 0 Å². The molecular weight excluding hydrogens is 214 g/mol. The summed E-state index contributed by atoms with van der Waals surface area (Å²) in [5.74, 6) is 0.652. The summed E-state index contributed by atoms with van der Waals surface area (Å²) >= 11 is 0. The Morgan fingerprint density at radius 1 is 1.24 bits per heavy atom. The van der Waals surface area contributed by atoms with Gasteiger partial charge >= 0.3 is 0 Å². The van der Waals surface area contributed by atoms with E-state index in [1.807, 2.05) is 6.92 Å². The van der Waals surface area contributed by atoms with Crippen LogP contribution in [0.15, 0.2) is 18.6 Å². The molecular formula is C12H15N5. The summed E-state index contributed by atoms with van der Waals surface area (Å²) in [6.45, 7) is 8.52. The number of nitrogens with zero attached hydrogens (tertiary/aromatic N) is 5. The predicted molar refractivity (Wildman–Crippen MR) is 66.0 cm³/mol. The molecule has 0 saturated heterocycles. The van der Waals surface area contributed by atoms with Gasteiger partial charge < -0.3 is 4.57 Å². The van der Waals surface area contributed by atoms with E-state index in [0.717, 1.165) is 16.7 Å². The third-order valence-electron chi connectivity index (χ3n) is 2.97. The van der Waals surface area contributed by atoms with Gasteiger partial charge in [0.1, 0.15) is 12.0 Å². The molecule has 0 spiro atoms. The first-order valence-electron chi connectivity index (χ1n) is 5.66. The topological polar surface area (TPSA) is 48.0 Å². The van der Waals surface area contributed by atoms with Crippen molar-refractivity contribution in [3.63, 3.8) is 0 Å². The van der Waals surface area contributed by atoms with E-state index in [0.29, 0.717) is 5.78 Å². The molecule has 0 bridgehead atoms. The second-order valence-electron chi connectivity index (χ2n) is 5.26. The SMILES string of the molecule is Cc1nc2ncnn2c2c1ccn2C(C)(C)C. The molecule has 0 unspecified atom stereocenters. The van der Waals surface area contributed by atoms with E-state index in [-0.39, 0.29) is 5.54 Å². The Morgan fingerprint density at radius 3 is 2.71 bits per heavy atom. The highest BCUT2D eigenvalue weighted by atomic mass is 15.4. The van der Waals surface area contributed by atoms with E-state index in [2.05, 4.69) is 52.7 Å². The molecule has 3 aromatic rings. The maximum atomic E-state index is 4.44. The Balaban J connectivity index is 2.55. The van der Waals surface area contributed by atoms with E-state index in [9.17, 15) is 0 Å². The minimum atomic E-state index is 0.00836. The number of fused-ring (bicyclic) bond motifs is 3. The van der Waals surface area contributed by atoms with Crippen LogP contribution < -0.4 is 0 Å². The number of aryl methyl sites for hydroxylation is 1. The van der Waals surface area contributed by atoms with Crippen LogP contribution in [0.2, 0.25) is 0 Å². The molecule has 0 radical (unpaired) electrons. The Hall–Kier alpha value is -1.91. The molecule has 5 heteroatoms. The molecule has 5 nitrogen and oxygen atoms in total. The largest absolute Gasteiger partial charge is 0.327 e. The van der Waals surface area contributed by atoms with Gasteiger partial charge in [0, 0.05) is 17.1 Å². The zero-order valence-corrected chi connectivity index (χ0v) is 10.5. The minimum absolute atomic E-state index is 0.00836. The highest BCUT2D eigenvalue weighted by Gasteiger charge is 2.19. The molecule has 0 atom stereocenters. The molecule has 0 aromatic carbocycles. The lowest BCUT2D eigenvalue weighted by Crippen LogP contribution is -2.22. The fraction of sp³-hybridized carbons (Fsp3) is 0.417. The summed E-state index contributed by atoms with van der Waals surface area (Å²) in [6.07, 6.45) is 3.63. The summed E-state index contributed by atoms with van der Waals surface area (Å²) in [4.78, 5) is 8.60. The van der Waals surface area contributed by atoms with E-state index in [4.69, 9.17) is 0 Å². The molecule has 0 saturated carbocycles. The van der Waals surface area contributed by atoms with Crippen molar-refractivity contribution in [2.75, 3.05) is 0 Å². The summed E-state index contributed by atoms with van der Waals surface area (Å²) < 4.78 is 4.01. The van der Waals surface area contributed by atoms with Crippen LogP contribution in [-0.2, 0) is 5.54 Å². The molecule has 0 fully saturated rings. The molecule has 0 aliphatic heterocycles. The molecule has 3 heterocycles. The van der Waals surface area contributed by atoms with Crippen molar-refractivity contribution in [2.45, 2.75) is 33.2 Å². The molecule has 3 aromatic heterocycles. The first-order chi connectivity index (χ1) is 7.98. The van der Waals surface area contributed by atoms with Crippen LogP contribution in [0.25, 0.3) is 16.8 Å². The van der Waals surface area contributed by atoms with Gasteiger partial charge in [0.25, 0.3) is 5.78 Å². The Kier molecular flexibility index (Phi) is 1.85. The third-order valence-corrected chi connectivity index (χ3v) is 2.97. The summed E-state index contributed by atoms with van der Waals surface area (Å²) in [5.41, 5.74) is 2.05. The molecule has 0 aliphatic rings. The monoisotopic (exact) mass is 229 g/mol. The normalized spacial score (nSPS) is 12.7. The Bertz CT molecular complexity index is 699. The zero-order chi connectivity index (χ0) is 12.2. The predicted octanol–water partition coefficient (Wildman–Crippen LogP) is 2.14.